The summed E-state index contributed by atoms with van der Waals surface area (Å²) >= 11 is 0. The predicted octanol–water partition coefficient (Wildman–Crippen LogP) is 4.39. The maximum absolute atomic E-state index is 12.0. The van der Waals surface area contributed by atoms with E-state index in [1.54, 1.807) is 17.1 Å². The molecule has 1 aromatic carbocycles. The van der Waals surface area contributed by atoms with Crippen LogP contribution in [0.2, 0.25) is 0 Å². The number of aromatic nitrogens is 6. The zero-order valence-corrected chi connectivity index (χ0v) is 23.9. The van der Waals surface area contributed by atoms with E-state index in [-0.39, 0.29) is 11.3 Å². The van der Waals surface area contributed by atoms with Gasteiger partial charge in [-0.05, 0) is 91.8 Å². The van der Waals surface area contributed by atoms with Gasteiger partial charge < -0.3 is 16.0 Å². The lowest BCUT2D eigenvalue weighted by atomic mass is 9.78. The summed E-state index contributed by atoms with van der Waals surface area (Å²) in [5.74, 6) is 1.90. The molecule has 3 aliphatic rings. The minimum absolute atomic E-state index is 0.0513. The third kappa shape index (κ3) is 4.32. The van der Waals surface area contributed by atoms with Crippen LogP contribution < -0.4 is 11.1 Å². The number of benzene rings is 1. The lowest BCUT2D eigenvalue weighted by Crippen LogP contribution is -2.57. The van der Waals surface area contributed by atoms with Crippen molar-refractivity contribution in [3.05, 3.63) is 90.9 Å². The Kier molecular flexibility index (Phi) is 5.94. The van der Waals surface area contributed by atoms with E-state index in [4.69, 9.17) is 15.7 Å². The van der Waals surface area contributed by atoms with Crippen LogP contribution in [0, 0.1) is 5.41 Å². The monoisotopic (exact) mass is 571 g/mol. The summed E-state index contributed by atoms with van der Waals surface area (Å²) in [6.45, 7) is 5.36. The Labute approximate surface area is 249 Å². The first-order valence-corrected chi connectivity index (χ1v) is 14.9. The van der Waals surface area contributed by atoms with Gasteiger partial charge in [-0.2, -0.15) is 5.10 Å². The van der Waals surface area contributed by atoms with E-state index >= 15 is 0 Å². The second kappa shape index (κ2) is 9.88. The largest absolute Gasteiger partial charge is 0.383 e. The van der Waals surface area contributed by atoms with Crippen LogP contribution in [0.1, 0.15) is 42.9 Å². The number of nitrogens with two attached hydrogens (primary N) is 1. The lowest BCUT2D eigenvalue weighted by molar-refractivity contribution is -0.137. The maximum atomic E-state index is 12.0. The molecule has 0 bridgehead atoms. The van der Waals surface area contributed by atoms with Gasteiger partial charge in [0.15, 0.2) is 17.3 Å². The molecule has 43 heavy (non-hydrogen) atoms. The number of amides is 1. The number of rotatable bonds is 6. The van der Waals surface area contributed by atoms with E-state index < -0.39 is 0 Å². The first-order valence-electron chi connectivity index (χ1n) is 14.9. The second-order valence-electron chi connectivity index (χ2n) is 12.1. The number of nitrogens with one attached hydrogen (secondary N) is 1. The SMILES string of the molecule is C=CC(=O)N1CC2(CCC(N[C@H]3CCc4cc(-n5c(-c6cccnc6N)nc6ccc(-n7cccn7)nc65)ccc43)C2)C1. The smallest absolute Gasteiger partial charge is 0.245 e. The molecule has 1 aliphatic heterocycles. The minimum atomic E-state index is 0.0513. The first-order chi connectivity index (χ1) is 21.0. The molecule has 1 spiro atoms. The molecule has 2 fully saturated rings. The summed E-state index contributed by atoms with van der Waals surface area (Å²) in [6.07, 6.45) is 12.3. The van der Waals surface area contributed by atoms with Gasteiger partial charge in [0.2, 0.25) is 5.91 Å². The molecule has 5 aromatic rings. The molecule has 1 amide bonds. The molecule has 0 radical (unpaired) electrons. The standard InChI is InChI=1S/C33H33N9O/c1-2-29(43)40-19-33(20-40)13-12-22(18-33)37-26-9-6-21-17-23(7-8-24(21)26)42-31(25-5-3-14-35-30(25)34)38-27-10-11-28(39-32(27)42)41-16-4-15-36-41/h2-5,7-8,10-11,14-17,22,26,37H,1,6,9,12-13,18-20H2,(H2,34,35)/t22?,26-/m0/s1. The second-order valence-corrected chi connectivity index (χ2v) is 12.1. The molecule has 2 aliphatic carbocycles. The quantitative estimate of drug-likeness (QED) is 0.290. The molecule has 1 unspecified atom stereocenters. The number of pyridine rings is 2. The Morgan fingerprint density at radius 2 is 2.00 bits per heavy atom. The highest BCUT2D eigenvalue weighted by molar-refractivity contribution is 5.87. The zero-order valence-electron chi connectivity index (χ0n) is 23.9. The Morgan fingerprint density at radius 1 is 1.09 bits per heavy atom. The lowest BCUT2D eigenvalue weighted by Gasteiger charge is -2.48. The normalized spacial score (nSPS) is 20.4. The Hall–Kier alpha value is -4.83. The molecule has 5 heterocycles. The van der Waals surface area contributed by atoms with Crippen LogP contribution in [0.5, 0.6) is 0 Å². The molecule has 4 aromatic heterocycles. The molecular formula is C33H33N9O. The number of aryl methyl sites for hydroxylation is 1. The fourth-order valence-corrected chi connectivity index (χ4v) is 7.40. The highest BCUT2D eigenvalue weighted by atomic mass is 16.2. The minimum Gasteiger partial charge on any atom is -0.383 e. The molecule has 3 N–H and O–H groups in total. The number of hydrogen-bond donors (Lipinski definition) is 2. The molecule has 1 saturated heterocycles. The van der Waals surface area contributed by atoms with E-state index in [2.05, 4.69) is 44.7 Å². The van der Waals surface area contributed by atoms with Gasteiger partial charge in [0, 0.05) is 54.9 Å². The summed E-state index contributed by atoms with van der Waals surface area (Å²) in [6, 6.07) is 17.1. The van der Waals surface area contributed by atoms with Crippen molar-refractivity contribution in [2.75, 3.05) is 18.8 Å². The third-order valence-corrected chi connectivity index (χ3v) is 9.45. The summed E-state index contributed by atoms with van der Waals surface area (Å²) in [7, 11) is 0. The Bertz CT molecular complexity index is 1870. The molecule has 8 rings (SSSR count). The topological polar surface area (TPSA) is 120 Å². The number of fused-ring (bicyclic) bond motifs is 2. The van der Waals surface area contributed by atoms with E-state index in [0.29, 0.717) is 29.5 Å². The molecule has 2 atom stereocenters. The van der Waals surface area contributed by atoms with E-state index in [9.17, 15) is 4.79 Å². The van der Waals surface area contributed by atoms with Crippen LogP contribution in [0.3, 0.4) is 0 Å². The van der Waals surface area contributed by atoms with Gasteiger partial charge in [0.25, 0.3) is 0 Å². The zero-order chi connectivity index (χ0) is 29.1. The van der Waals surface area contributed by atoms with Crippen LogP contribution in [0.15, 0.2) is 79.8 Å². The van der Waals surface area contributed by atoms with Gasteiger partial charge in [-0.3, -0.25) is 9.36 Å². The van der Waals surface area contributed by atoms with Crippen molar-refractivity contribution < 1.29 is 4.79 Å². The number of hydrogen-bond acceptors (Lipinski definition) is 7. The Balaban J connectivity index is 1.11. The van der Waals surface area contributed by atoms with Crippen LogP contribution in [-0.4, -0.2) is 59.2 Å². The van der Waals surface area contributed by atoms with E-state index in [0.717, 1.165) is 61.2 Å². The number of imidazole rings is 1. The number of nitrogens with zero attached hydrogens (tertiary/aromatic N) is 7. The van der Waals surface area contributed by atoms with Gasteiger partial charge in [-0.25, -0.2) is 19.6 Å². The van der Waals surface area contributed by atoms with Crippen LogP contribution >= 0.6 is 0 Å². The van der Waals surface area contributed by atoms with Crippen molar-refractivity contribution in [3.8, 4) is 22.9 Å². The van der Waals surface area contributed by atoms with Crippen molar-refractivity contribution in [2.45, 2.75) is 44.2 Å². The van der Waals surface area contributed by atoms with E-state index in [1.165, 1.54) is 23.6 Å². The molecule has 216 valence electrons. The molecule has 1 saturated carbocycles. The summed E-state index contributed by atoms with van der Waals surface area (Å²) in [4.78, 5) is 28.2. The Morgan fingerprint density at radius 3 is 2.81 bits per heavy atom. The highest BCUT2D eigenvalue weighted by Crippen LogP contribution is 2.47. The molecule has 10 nitrogen and oxygen atoms in total. The fourth-order valence-electron chi connectivity index (χ4n) is 7.40. The van der Waals surface area contributed by atoms with Gasteiger partial charge >= 0.3 is 0 Å². The average Bonchev–Trinajstić information content (AvgIpc) is 3.82. The van der Waals surface area contributed by atoms with Crippen molar-refractivity contribution in [2.24, 2.45) is 5.41 Å². The summed E-state index contributed by atoms with van der Waals surface area (Å²) in [5.41, 5.74) is 12.6. The maximum Gasteiger partial charge on any atom is 0.245 e. The van der Waals surface area contributed by atoms with Gasteiger partial charge in [0.1, 0.15) is 11.3 Å². The summed E-state index contributed by atoms with van der Waals surface area (Å²) < 4.78 is 3.84. The van der Waals surface area contributed by atoms with Crippen molar-refractivity contribution in [1.82, 2.24) is 39.5 Å². The van der Waals surface area contributed by atoms with Crippen LogP contribution in [-0.2, 0) is 11.2 Å². The third-order valence-electron chi connectivity index (χ3n) is 9.45. The van der Waals surface area contributed by atoms with Gasteiger partial charge in [0.05, 0.1) is 5.56 Å². The van der Waals surface area contributed by atoms with Gasteiger partial charge in [-0.1, -0.05) is 12.6 Å². The van der Waals surface area contributed by atoms with Crippen molar-refractivity contribution in [3.63, 3.8) is 0 Å². The highest BCUT2D eigenvalue weighted by Gasteiger charge is 2.49. The van der Waals surface area contributed by atoms with Crippen molar-refractivity contribution >= 4 is 22.9 Å². The van der Waals surface area contributed by atoms with Crippen LogP contribution in [0.25, 0.3) is 34.1 Å². The number of nitrogen functional groups attached to an aromatic ring is 1. The van der Waals surface area contributed by atoms with Crippen molar-refractivity contribution in [1.29, 1.82) is 0 Å². The number of carbonyl (C=O) groups is 1. The molecular weight excluding hydrogens is 538 g/mol. The number of anilines is 1. The van der Waals surface area contributed by atoms with E-state index in [1.807, 2.05) is 41.4 Å². The summed E-state index contributed by atoms with van der Waals surface area (Å²) in [5, 5.41) is 8.35. The fraction of sp³-hybridized carbons (Fsp3) is 0.303. The van der Waals surface area contributed by atoms with Gasteiger partial charge in [-0.15, -0.1) is 0 Å². The first kappa shape index (κ1) is 25.8. The average molecular weight is 572 g/mol. The molecule has 10 heteroatoms. The number of likely N-dealkylation sites (tertiary alicyclic amines) is 1. The van der Waals surface area contributed by atoms with Crippen LogP contribution in [0.4, 0.5) is 5.82 Å². The predicted molar refractivity (Wildman–Crippen MR) is 165 cm³/mol. The number of carbonyl (C=O) groups excluding carboxylic acids is 1.